The quantitative estimate of drug-likeness (QED) is 0.100. The van der Waals surface area contributed by atoms with Crippen LogP contribution in [-0.2, 0) is 25.7 Å². The van der Waals surface area contributed by atoms with Gasteiger partial charge < -0.3 is 25.0 Å². The van der Waals surface area contributed by atoms with Crippen LogP contribution >= 0.6 is 0 Å². The van der Waals surface area contributed by atoms with Gasteiger partial charge in [0.05, 0.1) is 24.9 Å². The fourth-order valence-corrected chi connectivity index (χ4v) is 5.30. The van der Waals surface area contributed by atoms with Gasteiger partial charge in [-0.2, -0.15) is 0 Å². The molecule has 5 atom stereocenters. The number of likely N-dealkylation sites (N-methyl/N-ethyl adjacent to an activating group) is 1. The Morgan fingerprint density at radius 1 is 0.932 bits per heavy atom. The van der Waals surface area contributed by atoms with E-state index in [1.165, 1.54) is 0 Å². The third-order valence-corrected chi connectivity index (χ3v) is 8.02. The third kappa shape index (κ3) is 9.43. The zero-order valence-corrected chi connectivity index (χ0v) is 25.3. The van der Waals surface area contributed by atoms with Crippen LogP contribution in [0.2, 0.25) is 0 Å². The zero-order valence-electron chi connectivity index (χ0n) is 25.3. The van der Waals surface area contributed by atoms with Crippen molar-refractivity contribution < 1.29 is 34.5 Å². The lowest BCUT2D eigenvalue weighted by Gasteiger charge is -2.39. The molecule has 1 heterocycles. The fourth-order valence-electron chi connectivity index (χ4n) is 5.30. The van der Waals surface area contributed by atoms with Gasteiger partial charge in [0.2, 0.25) is 11.8 Å². The van der Waals surface area contributed by atoms with Crippen LogP contribution in [0.1, 0.15) is 79.8 Å². The Bertz CT molecular complexity index is 1340. The van der Waals surface area contributed by atoms with E-state index in [0.717, 1.165) is 22.3 Å². The summed E-state index contributed by atoms with van der Waals surface area (Å²) in [6, 6.07) is 24.5. The number of nitrogens with one attached hydrogen (secondary N) is 2. The first kappa shape index (κ1) is 33.3. The number of nitrogens with zero attached hydrogens (tertiary/aromatic N) is 1. The van der Waals surface area contributed by atoms with Gasteiger partial charge in [0.25, 0.3) is 0 Å². The first-order valence-corrected chi connectivity index (χ1v) is 15.0. The summed E-state index contributed by atoms with van der Waals surface area (Å²) in [6.07, 6.45) is 0.131. The maximum absolute atomic E-state index is 12.5. The van der Waals surface area contributed by atoms with E-state index >= 15 is 0 Å². The van der Waals surface area contributed by atoms with E-state index < -0.39 is 18.3 Å². The van der Waals surface area contributed by atoms with Crippen LogP contribution in [0.4, 0.5) is 5.69 Å². The number of carbonyl (C=O) groups excluding carboxylic acids is 2. The Morgan fingerprint density at radius 2 is 1.64 bits per heavy atom. The molecule has 3 aromatic rings. The van der Waals surface area contributed by atoms with E-state index in [1.807, 2.05) is 86.8 Å². The van der Waals surface area contributed by atoms with Crippen LogP contribution in [-0.4, -0.2) is 57.9 Å². The minimum atomic E-state index is -0.701. The van der Waals surface area contributed by atoms with Crippen LogP contribution in [0.15, 0.2) is 78.9 Å². The third-order valence-electron chi connectivity index (χ3n) is 8.02. The molecule has 1 saturated heterocycles. The molecule has 10 heteroatoms. The molecule has 5 N–H and O–H groups in total. The van der Waals surface area contributed by atoms with Crippen molar-refractivity contribution in [3.05, 3.63) is 101 Å². The number of hydrogen-bond donors (Lipinski definition) is 5. The molecule has 4 rings (SSSR count). The average molecular weight is 606 g/mol. The number of aliphatic hydroxyl groups is 2. The highest BCUT2D eigenvalue weighted by atomic mass is 16.7. The van der Waals surface area contributed by atoms with Gasteiger partial charge in [-0.15, -0.1) is 0 Å². The summed E-state index contributed by atoms with van der Waals surface area (Å²) in [6.45, 7) is 2.51. The molecule has 236 valence electrons. The van der Waals surface area contributed by atoms with Crippen molar-refractivity contribution in [2.24, 2.45) is 0 Å². The highest BCUT2D eigenvalue weighted by Gasteiger charge is 2.34. The van der Waals surface area contributed by atoms with Crippen LogP contribution in [0.25, 0.3) is 0 Å². The SMILES string of the molecule is C[C@@H]([C@H](O)c1ccccc1)N(C)C[C@@H]1C[C@H](c2ccc(CO)cc2)O[C@H](c2cccc(NC(=O)CCCCC(=O)NO)c2)O1. The summed E-state index contributed by atoms with van der Waals surface area (Å²) in [5, 5.41) is 32.0. The van der Waals surface area contributed by atoms with Gasteiger partial charge in [-0.3, -0.25) is 19.7 Å². The van der Waals surface area contributed by atoms with Gasteiger partial charge in [-0.25, -0.2) is 5.48 Å². The second-order valence-corrected chi connectivity index (χ2v) is 11.3. The number of aliphatic hydroxyl groups excluding tert-OH is 2. The maximum Gasteiger partial charge on any atom is 0.243 e. The number of benzene rings is 3. The number of hydroxylamine groups is 1. The molecule has 1 aliphatic rings. The number of unbranched alkanes of at least 4 members (excludes halogenated alkanes) is 1. The number of carbonyl (C=O) groups is 2. The molecule has 0 aromatic heterocycles. The molecular formula is C34H43N3O7. The minimum absolute atomic E-state index is 0.0386. The van der Waals surface area contributed by atoms with Gasteiger partial charge in [0.1, 0.15) is 0 Å². The number of rotatable bonds is 14. The van der Waals surface area contributed by atoms with Crippen LogP contribution < -0.4 is 10.8 Å². The molecule has 1 fully saturated rings. The lowest BCUT2D eigenvalue weighted by atomic mass is 9.98. The maximum atomic E-state index is 12.5. The predicted octanol–water partition coefficient (Wildman–Crippen LogP) is 4.78. The van der Waals surface area contributed by atoms with Crippen molar-refractivity contribution in [1.82, 2.24) is 10.4 Å². The van der Waals surface area contributed by atoms with E-state index in [0.29, 0.717) is 31.5 Å². The first-order valence-electron chi connectivity index (χ1n) is 15.0. The zero-order chi connectivity index (χ0) is 31.5. The molecule has 1 aliphatic heterocycles. The van der Waals surface area contributed by atoms with E-state index in [4.69, 9.17) is 14.7 Å². The molecule has 0 saturated carbocycles. The van der Waals surface area contributed by atoms with E-state index in [9.17, 15) is 19.8 Å². The van der Waals surface area contributed by atoms with Gasteiger partial charge >= 0.3 is 0 Å². The van der Waals surface area contributed by atoms with Crippen molar-refractivity contribution in [2.75, 3.05) is 18.9 Å². The molecule has 44 heavy (non-hydrogen) atoms. The summed E-state index contributed by atoms with van der Waals surface area (Å²) < 4.78 is 13.0. The lowest BCUT2D eigenvalue weighted by Crippen LogP contribution is -2.43. The van der Waals surface area contributed by atoms with Crippen LogP contribution in [0, 0.1) is 0 Å². The number of amides is 2. The molecular weight excluding hydrogens is 562 g/mol. The van der Waals surface area contributed by atoms with Crippen molar-refractivity contribution in [2.45, 2.75) is 76.3 Å². The summed E-state index contributed by atoms with van der Waals surface area (Å²) in [4.78, 5) is 25.8. The average Bonchev–Trinajstić information content (AvgIpc) is 3.06. The Kier molecular flexibility index (Phi) is 12.4. The van der Waals surface area contributed by atoms with E-state index in [2.05, 4.69) is 10.2 Å². The summed E-state index contributed by atoms with van der Waals surface area (Å²) >= 11 is 0. The molecule has 2 amide bonds. The summed E-state index contributed by atoms with van der Waals surface area (Å²) in [7, 11) is 1.97. The second kappa shape index (κ2) is 16.4. The standard InChI is InChI=1S/C34H43N3O7/c1-23(33(41)26-9-4-3-5-10-26)37(2)21-29-20-30(25-17-15-24(22-38)16-18-25)44-34(43-29)27-11-8-12-28(19-27)35-31(39)13-6-7-14-32(40)36-42/h3-5,8-12,15-19,23,29-30,33-34,38,41-42H,6-7,13-14,20-22H2,1-2H3,(H,35,39)(H,36,40)/t23-,29-,30+,33-,34+/m0/s1. The normalized spacial score (nSPS) is 19.7. The molecule has 0 aliphatic carbocycles. The number of anilines is 1. The monoisotopic (exact) mass is 605 g/mol. The van der Waals surface area contributed by atoms with Gasteiger partial charge in [-0.05, 0) is 55.6 Å². The molecule has 10 nitrogen and oxygen atoms in total. The Morgan fingerprint density at radius 3 is 2.32 bits per heavy atom. The fraction of sp³-hybridized carbons (Fsp3) is 0.412. The van der Waals surface area contributed by atoms with Crippen LogP contribution in [0.3, 0.4) is 0 Å². The van der Waals surface area contributed by atoms with Crippen molar-refractivity contribution >= 4 is 17.5 Å². The van der Waals surface area contributed by atoms with E-state index in [1.54, 1.807) is 11.5 Å². The second-order valence-electron chi connectivity index (χ2n) is 11.3. The highest BCUT2D eigenvalue weighted by Crippen LogP contribution is 2.39. The first-order chi connectivity index (χ1) is 21.3. The predicted molar refractivity (Wildman–Crippen MR) is 165 cm³/mol. The largest absolute Gasteiger partial charge is 0.392 e. The minimum Gasteiger partial charge on any atom is -0.392 e. The van der Waals surface area contributed by atoms with Gasteiger partial charge in [0, 0.05) is 43.1 Å². The van der Waals surface area contributed by atoms with Gasteiger partial charge in [0.15, 0.2) is 6.29 Å². The van der Waals surface area contributed by atoms with E-state index in [-0.39, 0.29) is 43.6 Å². The topological polar surface area (TPSA) is 141 Å². The molecule has 0 spiro atoms. The summed E-state index contributed by atoms with van der Waals surface area (Å²) in [5.41, 5.74) is 5.60. The molecule has 0 unspecified atom stereocenters. The van der Waals surface area contributed by atoms with Crippen molar-refractivity contribution in [3.8, 4) is 0 Å². The van der Waals surface area contributed by atoms with Crippen LogP contribution in [0.5, 0.6) is 0 Å². The Balaban J connectivity index is 1.46. The Labute approximate surface area is 258 Å². The molecule has 0 bridgehead atoms. The molecule has 0 radical (unpaired) electrons. The highest BCUT2D eigenvalue weighted by molar-refractivity contribution is 5.90. The Hall–Kier alpha value is -3.64. The lowest BCUT2D eigenvalue weighted by molar-refractivity contribution is -0.253. The van der Waals surface area contributed by atoms with Crippen molar-refractivity contribution in [3.63, 3.8) is 0 Å². The van der Waals surface area contributed by atoms with Gasteiger partial charge in [-0.1, -0.05) is 66.7 Å². The summed E-state index contributed by atoms with van der Waals surface area (Å²) in [5.74, 6) is -0.649. The number of hydrogen-bond acceptors (Lipinski definition) is 8. The number of ether oxygens (including phenoxy) is 2. The van der Waals surface area contributed by atoms with Crippen molar-refractivity contribution in [1.29, 1.82) is 0 Å². The smallest absolute Gasteiger partial charge is 0.243 e. The molecule has 3 aromatic carbocycles.